The molecule has 7 heteroatoms. The molecule has 0 atom stereocenters. The van der Waals surface area contributed by atoms with E-state index in [-0.39, 0.29) is 51.4 Å². The van der Waals surface area contributed by atoms with Crippen LogP contribution >= 0.6 is 11.6 Å². The largest absolute Gasteiger partial charge is 0.476 e. The number of aryl methyl sites for hydroxylation is 1. The van der Waals surface area contributed by atoms with Crippen molar-refractivity contribution in [3.63, 3.8) is 0 Å². The first-order chi connectivity index (χ1) is 8.49. The van der Waals surface area contributed by atoms with Crippen LogP contribution in [0.5, 0.6) is 0 Å². The number of aromatic carboxylic acids is 1. The van der Waals surface area contributed by atoms with Gasteiger partial charge in [0, 0.05) is 68.2 Å². The topological polar surface area (TPSA) is 72.2 Å². The Hall–Kier alpha value is -0.504. The van der Waals surface area contributed by atoms with Gasteiger partial charge < -0.3 is 5.11 Å². The molecule has 2 aromatic rings. The summed E-state index contributed by atoms with van der Waals surface area (Å²) in [6.07, 6.45) is 0. The first-order valence-electron chi connectivity index (χ1n) is 5.09. The van der Waals surface area contributed by atoms with Crippen molar-refractivity contribution < 1.29 is 9.90 Å². The fourth-order valence-electron chi connectivity index (χ4n) is 1.54. The van der Waals surface area contributed by atoms with Crippen LogP contribution in [0.1, 0.15) is 16.2 Å². The molecule has 0 aliphatic heterocycles. The zero-order valence-corrected chi connectivity index (χ0v) is 14.3. The van der Waals surface area contributed by atoms with E-state index in [1.807, 2.05) is 0 Å². The molecule has 19 heavy (non-hydrogen) atoms. The maximum absolute atomic E-state index is 11.4. The van der Waals surface area contributed by atoms with E-state index in [1.54, 1.807) is 31.2 Å². The molecular formula is C12H9ClKN2O3. The molecule has 0 saturated carbocycles. The first kappa shape index (κ1) is 16.6. The van der Waals surface area contributed by atoms with E-state index >= 15 is 0 Å². The Morgan fingerprint density at radius 1 is 1.32 bits per heavy atom. The van der Waals surface area contributed by atoms with Gasteiger partial charge in [-0.3, -0.25) is 4.79 Å². The van der Waals surface area contributed by atoms with Crippen molar-refractivity contribution in [2.75, 3.05) is 0 Å². The van der Waals surface area contributed by atoms with Gasteiger partial charge in [0.05, 0.1) is 5.69 Å². The van der Waals surface area contributed by atoms with Gasteiger partial charge in [0.25, 0.3) is 0 Å². The molecule has 5 nitrogen and oxygen atoms in total. The molecule has 1 radical (unpaired) electrons. The van der Waals surface area contributed by atoms with Gasteiger partial charge in [0.2, 0.25) is 11.1 Å². The molecule has 0 saturated heterocycles. The monoisotopic (exact) mass is 303 g/mol. The zero-order chi connectivity index (χ0) is 13.3. The summed E-state index contributed by atoms with van der Waals surface area (Å²) in [5.41, 5.74) is 0.0764. The smallest absolute Gasteiger partial charge is 0.360 e. The van der Waals surface area contributed by atoms with Crippen LogP contribution in [0.25, 0.3) is 5.69 Å². The molecule has 0 spiro atoms. The summed E-state index contributed by atoms with van der Waals surface area (Å²) in [4.78, 5) is 22.3. The van der Waals surface area contributed by atoms with Crippen molar-refractivity contribution in [2.45, 2.75) is 6.92 Å². The molecule has 0 unspecified atom stereocenters. The van der Waals surface area contributed by atoms with Gasteiger partial charge in [0.1, 0.15) is 0 Å². The van der Waals surface area contributed by atoms with E-state index in [0.29, 0.717) is 16.4 Å². The molecule has 0 aliphatic carbocycles. The van der Waals surface area contributed by atoms with Crippen LogP contribution in [0.2, 0.25) is 5.02 Å². The predicted molar refractivity (Wildman–Crippen MR) is 72.3 cm³/mol. The minimum absolute atomic E-state index is 0. The summed E-state index contributed by atoms with van der Waals surface area (Å²) in [5.74, 6) is -1.34. The molecular weight excluding hydrogens is 295 g/mol. The molecule has 1 aromatic heterocycles. The van der Waals surface area contributed by atoms with Gasteiger partial charge in [0.15, 0.2) is 0 Å². The number of carboxylic acid groups (broad SMARTS) is 1. The summed E-state index contributed by atoms with van der Waals surface area (Å²) in [6, 6.07) is 7.95. The second-order valence-electron chi connectivity index (χ2n) is 3.69. The molecule has 1 aromatic carbocycles. The maximum atomic E-state index is 11.4. The van der Waals surface area contributed by atoms with Crippen LogP contribution in [0, 0.1) is 6.92 Å². The molecule has 0 aliphatic rings. The van der Waals surface area contributed by atoms with Crippen molar-refractivity contribution in [2.24, 2.45) is 0 Å². The third-order valence-electron chi connectivity index (χ3n) is 2.38. The summed E-state index contributed by atoms with van der Waals surface area (Å²) >= 11 is 5.77. The van der Waals surface area contributed by atoms with Crippen LogP contribution in [0.15, 0.2) is 35.1 Å². The Morgan fingerprint density at radius 2 is 1.89 bits per heavy atom. The Morgan fingerprint density at radius 3 is 2.42 bits per heavy atom. The number of aromatic nitrogens is 2. The molecule has 0 bridgehead atoms. The van der Waals surface area contributed by atoms with Gasteiger partial charge in [-0.1, -0.05) is 11.6 Å². The Kier molecular flexibility index (Phi) is 5.91. The molecule has 0 fully saturated rings. The number of halogens is 1. The molecule has 1 N–H and O–H groups in total. The van der Waals surface area contributed by atoms with E-state index in [1.165, 1.54) is 10.7 Å². The Balaban J connectivity index is 0.00000180. The second-order valence-corrected chi connectivity index (χ2v) is 4.13. The van der Waals surface area contributed by atoms with Gasteiger partial charge in [-0.25, -0.2) is 9.48 Å². The SMILES string of the molecule is Cc1cc(=O)c(C(=O)O)nn1-c1ccc(Cl)cc1.[K]. The quantitative estimate of drug-likeness (QED) is 0.854. The minimum atomic E-state index is -1.34. The van der Waals surface area contributed by atoms with Gasteiger partial charge in [-0.05, 0) is 31.2 Å². The number of hydrogen-bond donors (Lipinski definition) is 1. The van der Waals surface area contributed by atoms with E-state index < -0.39 is 17.1 Å². The van der Waals surface area contributed by atoms with Crippen molar-refractivity contribution in [3.8, 4) is 5.69 Å². The second kappa shape index (κ2) is 6.78. The predicted octanol–water partition coefficient (Wildman–Crippen LogP) is 1.51. The van der Waals surface area contributed by atoms with Crippen molar-refractivity contribution in [1.29, 1.82) is 0 Å². The first-order valence-corrected chi connectivity index (χ1v) is 5.47. The fraction of sp³-hybridized carbons (Fsp3) is 0.0833. The Labute approximate surface area is 156 Å². The minimum Gasteiger partial charge on any atom is -0.476 e. The van der Waals surface area contributed by atoms with Gasteiger partial charge >= 0.3 is 5.97 Å². The van der Waals surface area contributed by atoms with Crippen LogP contribution in [0.4, 0.5) is 0 Å². The maximum Gasteiger partial charge on any atom is 0.360 e. The average molecular weight is 304 g/mol. The van der Waals surface area contributed by atoms with Crippen molar-refractivity contribution >= 4 is 69.0 Å². The van der Waals surface area contributed by atoms with Crippen LogP contribution in [0.3, 0.4) is 0 Å². The van der Waals surface area contributed by atoms with Crippen LogP contribution < -0.4 is 5.43 Å². The van der Waals surface area contributed by atoms with E-state index in [4.69, 9.17) is 16.7 Å². The number of rotatable bonds is 2. The summed E-state index contributed by atoms with van der Waals surface area (Å²) in [6.45, 7) is 1.68. The Bertz CT molecular complexity index is 668. The summed E-state index contributed by atoms with van der Waals surface area (Å²) in [5, 5.41) is 13.3. The van der Waals surface area contributed by atoms with Crippen LogP contribution in [-0.2, 0) is 0 Å². The van der Waals surface area contributed by atoms with Crippen molar-refractivity contribution in [1.82, 2.24) is 9.78 Å². The standard InChI is InChI=1S/C12H9ClN2O3.K/c1-7-6-10(16)11(12(17)18)14-15(7)9-4-2-8(13)3-5-9;/h2-6H,1H3,(H,17,18);. The molecule has 93 valence electrons. The number of nitrogens with zero attached hydrogens (tertiary/aromatic N) is 2. The summed E-state index contributed by atoms with van der Waals surface area (Å²) < 4.78 is 1.39. The average Bonchev–Trinajstić information content (AvgIpc) is 2.30. The zero-order valence-electron chi connectivity index (χ0n) is 10.4. The van der Waals surface area contributed by atoms with Gasteiger partial charge in [-0.15, -0.1) is 0 Å². The number of carbonyl (C=O) groups is 1. The molecule has 0 amide bonds. The number of carboxylic acids is 1. The van der Waals surface area contributed by atoms with E-state index in [2.05, 4.69) is 5.10 Å². The van der Waals surface area contributed by atoms with Crippen LogP contribution in [-0.4, -0.2) is 72.2 Å². The van der Waals surface area contributed by atoms with E-state index in [0.717, 1.165) is 0 Å². The molecule has 1 heterocycles. The van der Waals surface area contributed by atoms with E-state index in [9.17, 15) is 9.59 Å². The van der Waals surface area contributed by atoms with Gasteiger partial charge in [-0.2, -0.15) is 5.10 Å². The normalized spacial score (nSPS) is 9.79. The van der Waals surface area contributed by atoms with Crippen molar-refractivity contribution in [3.05, 3.63) is 57.0 Å². The third kappa shape index (κ3) is 3.74. The number of hydrogen-bond acceptors (Lipinski definition) is 3. The number of benzene rings is 1. The third-order valence-corrected chi connectivity index (χ3v) is 2.63. The fourth-order valence-corrected chi connectivity index (χ4v) is 1.67. The summed E-state index contributed by atoms with van der Waals surface area (Å²) in [7, 11) is 0. The molecule has 2 rings (SSSR count).